The van der Waals surface area contributed by atoms with Gasteiger partial charge >= 0.3 is 0 Å². The Hall–Kier alpha value is -2.03. The van der Waals surface area contributed by atoms with Gasteiger partial charge in [-0.3, -0.25) is 0 Å². The monoisotopic (exact) mass is 258 g/mol. The van der Waals surface area contributed by atoms with Crippen LogP contribution in [0.3, 0.4) is 0 Å². The van der Waals surface area contributed by atoms with Crippen molar-refractivity contribution in [3.05, 3.63) is 59.9 Å². The van der Waals surface area contributed by atoms with Crippen molar-refractivity contribution in [1.29, 1.82) is 0 Å². The number of unbranched alkanes of at least 4 members (excludes halogenated alkanes) is 1. The van der Waals surface area contributed by atoms with Gasteiger partial charge in [-0.1, -0.05) is 18.2 Å². The first-order chi connectivity index (χ1) is 9.24. The quantitative estimate of drug-likeness (QED) is 0.610. The van der Waals surface area contributed by atoms with E-state index in [2.05, 4.69) is 11.4 Å². The normalized spacial score (nSPS) is 10.4. The molecule has 0 saturated heterocycles. The number of anilines is 2. The Morgan fingerprint density at radius 2 is 1.84 bits per heavy atom. The molecule has 0 amide bonds. The lowest BCUT2D eigenvalue weighted by Crippen LogP contribution is -2.02. The summed E-state index contributed by atoms with van der Waals surface area (Å²) >= 11 is 0. The second kappa shape index (κ2) is 6.78. The minimum Gasteiger partial charge on any atom is -0.399 e. The molecule has 19 heavy (non-hydrogen) atoms. The van der Waals surface area contributed by atoms with Gasteiger partial charge in [0, 0.05) is 17.9 Å². The highest BCUT2D eigenvalue weighted by Gasteiger charge is 1.96. The number of nitrogen functional groups attached to an aromatic ring is 1. The molecule has 2 rings (SSSR count). The molecule has 2 nitrogen and oxygen atoms in total. The molecular weight excluding hydrogens is 239 g/mol. The number of nitrogens with two attached hydrogens (primary N) is 1. The molecule has 3 heteroatoms. The summed E-state index contributed by atoms with van der Waals surface area (Å²) in [6.45, 7) is 0.853. The van der Waals surface area contributed by atoms with Gasteiger partial charge in [0.15, 0.2) is 0 Å². The number of hydrogen-bond acceptors (Lipinski definition) is 2. The van der Waals surface area contributed by atoms with E-state index in [4.69, 9.17) is 5.73 Å². The van der Waals surface area contributed by atoms with E-state index in [1.54, 1.807) is 6.07 Å². The molecule has 0 saturated carbocycles. The minimum absolute atomic E-state index is 0.204. The Morgan fingerprint density at radius 3 is 2.63 bits per heavy atom. The zero-order valence-corrected chi connectivity index (χ0v) is 10.9. The Kier molecular flexibility index (Phi) is 4.78. The van der Waals surface area contributed by atoms with Crippen LogP contribution in [0.1, 0.15) is 18.4 Å². The molecule has 0 aromatic heterocycles. The Labute approximate surface area is 113 Å². The smallest absolute Gasteiger partial charge is 0.125 e. The summed E-state index contributed by atoms with van der Waals surface area (Å²) in [5.41, 5.74) is 8.65. The van der Waals surface area contributed by atoms with Gasteiger partial charge < -0.3 is 11.1 Å². The third kappa shape index (κ3) is 4.62. The highest BCUT2D eigenvalue weighted by Crippen LogP contribution is 2.11. The molecule has 0 atom stereocenters. The topological polar surface area (TPSA) is 38.0 Å². The van der Waals surface area contributed by atoms with Crippen LogP contribution in [-0.2, 0) is 6.42 Å². The van der Waals surface area contributed by atoms with Crippen LogP contribution in [0, 0.1) is 5.82 Å². The molecule has 0 spiro atoms. The summed E-state index contributed by atoms with van der Waals surface area (Å²) in [7, 11) is 0. The van der Waals surface area contributed by atoms with Gasteiger partial charge in [-0.25, -0.2) is 4.39 Å². The molecule has 0 bridgehead atoms. The van der Waals surface area contributed by atoms with Gasteiger partial charge in [-0.05, 0) is 55.2 Å². The maximum absolute atomic E-state index is 12.9. The van der Waals surface area contributed by atoms with Gasteiger partial charge in [0.2, 0.25) is 0 Å². The molecular formula is C16H19FN2. The van der Waals surface area contributed by atoms with Crippen molar-refractivity contribution in [3.8, 4) is 0 Å². The molecule has 2 aromatic rings. The van der Waals surface area contributed by atoms with E-state index in [-0.39, 0.29) is 5.82 Å². The molecule has 0 aliphatic carbocycles. The molecule has 0 aliphatic rings. The van der Waals surface area contributed by atoms with E-state index in [0.29, 0.717) is 0 Å². The Balaban J connectivity index is 1.67. The van der Waals surface area contributed by atoms with Crippen LogP contribution in [-0.4, -0.2) is 6.54 Å². The van der Waals surface area contributed by atoms with E-state index in [9.17, 15) is 4.39 Å². The first-order valence-corrected chi connectivity index (χ1v) is 6.58. The maximum atomic E-state index is 12.9. The summed E-state index contributed by atoms with van der Waals surface area (Å²) < 4.78 is 12.9. The minimum atomic E-state index is -0.204. The standard InChI is InChI=1S/C16H19FN2/c17-14-7-4-9-16(12-14)19-10-2-1-5-13-6-3-8-15(18)11-13/h3-4,6-9,11-12,19H,1-2,5,10,18H2. The Morgan fingerprint density at radius 1 is 1.00 bits per heavy atom. The van der Waals surface area contributed by atoms with Gasteiger partial charge in [0.1, 0.15) is 5.82 Å². The fraction of sp³-hybridized carbons (Fsp3) is 0.250. The van der Waals surface area contributed by atoms with Crippen molar-refractivity contribution in [3.63, 3.8) is 0 Å². The molecule has 0 fully saturated rings. The number of rotatable bonds is 6. The molecule has 2 aromatic carbocycles. The molecule has 0 radical (unpaired) electrons. The molecule has 0 heterocycles. The van der Waals surface area contributed by atoms with Gasteiger partial charge in [-0.2, -0.15) is 0 Å². The van der Waals surface area contributed by atoms with Crippen molar-refractivity contribution < 1.29 is 4.39 Å². The number of nitrogens with one attached hydrogen (secondary N) is 1. The van der Waals surface area contributed by atoms with E-state index in [1.165, 1.54) is 17.7 Å². The van der Waals surface area contributed by atoms with E-state index in [0.717, 1.165) is 37.2 Å². The number of halogens is 1. The largest absolute Gasteiger partial charge is 0.399 e. The Bertz CT molecular complexity index is 478. The molecule has 0 aliphatic heterocycles. The number of aryl methyl sites for hydroxylation is 1. The molecule has 100 valence electrons. The summed E-state index contributed by atoms with van der Waals surface area (Å²) in [4.78, 5) is 0. The zero-order valence-electron chi connectivity index (χ0n) is 10.9. The van der Waals surface area contributed by atoms with Gasteiger partial charge in [-0.15, -0.1) is 0 Å². The second-order valence-electron chi connectivity index (χ2n) is 4.64. The van der Waals surface area contributed by atoms with Gasteiger partial charge in [0.05, 0.1) is 0 Å². The van der Waals surface area contributed by atoms with Gasteiger partial charge in [0.25, 0.3) is 0 Å². The van der Waals surface area contributed by atoms with Crippen LogP contribution in [0.2, 0.25) is 0 Å². The van der Waals surface area contributed by atoms with Crippen molar-refractivity contribution in [2.75, 3.05) is 17.6 Å². The fourth-order valence-electron chi connectivity index (χ4n) is 2.03. The van der Waals surface area contributed by atoms with Crippen molar-refractivity contribution in [2.45, 2.75) is 19.3 Å². The lowest BCUT2D eigenvalue weighted by molar-refractivity contribution is 0.628. The average molecular weight is 258 g/mol. The van der Waals surface area contributed by atoms with Crippen LogP contribution in [0.15, 0.2) is 48.5 Å². The third-order valence-corrected chi connectivity index (χ3v) is 3.00. The number of hydrogen-bond donors (Lipinski definition) is 2. The van der Waals surface area contributed by atoms with Crippen LogP contribution in [0.25, 0.3) is 0 Å². The fourth-order valence-corrected chi connectivity index (χ4v) is 2.03. The van der Waals surface area contributed by atoms with E-state index >= 15 is 0 Å². The highest BCUT2D eigenvalue weighted by molar-refractivity contribution is 5.43. The first-order valence-electron chi connectivity index (χ1n) is 6.58. The van der Waals surface area contributed by atoms with Crippen molar-refractivity contribution >= 4 is 11.4 Å². The van der Waals surface area contributed by atoms with E-state index in [1.807, 2.05) is 24.3 Å². The van der Waals surface area contributed by atoms with E-state index < -0.39 is 0 Å². The predicted molar refractivity (Wildman–Crippen MR) is 78.7 cm³/mol. The summed E-state index contributed by atoms with van der Waals surface area (Å²) in [6.07, 6.45) is 3.16. The van der Waals surface area contributed by atoms with Crippen LogP contribution in [0.4, 0.5) is 15.8 Å². The van der Waals surface area contributed by atoms with Crippen LogP contribution in [0.5, 0.6) is 0 Å². The van der Waals surface area contributed by atoms with Crippen LogP contribution < -0.4 is 11.1 Å². The lowest BCUT2D eigenvalue weighted by Gasteiger charge is -2.06. The highest BCUT2D eigenvalue weighted by atomic mass is 19.1. The molecule has 0 unspecified atom stereocenters. The zero-order chi connectivity index (χ0) is 13.5. The first kappa shape index (κ1) is 13.4. The molecule has 3 N–H and O–H groups in total. The second-order valence-corrected chi connectivity index (χ2v) is 4.64. The third-order valence-electron chi connectivity index (χ3n) is 3.00. The lowest BCUT2D eigenvalue weighted by atomic mass is 10.1. The maximum Gasteiger partial charge on any atom is 0.125 e. The summed E-state index contributed by atoms with van der Waals surface area (Å²) in [5, 5.41) is 3.22. The SMILES string of the molecule is Nc1cccc(CCCCNc2cccc(F)c2)c1. The van der Waals surface area contributed by atoms with Crippen molar-refractivity contribution in [1.82, 2.24) is 0 Å². The summed E-state index contributed by atoms with van der Waals surface area (Å²) in [6, 6.07) is 14.5. The summed E-state index contributed by atoms with van der Waals surface area (Å²) in [5.74, 6) is -0.204. The average Bonchev–Trinajstić information content (AvgIpc) is 2.38. The van der Waals surface area contributed by atoms with Crippen molar-refractivity contribution in [2.24, 2.45) is 0 Å². The predicted octanol–water partition coefficient (Wildman–Crippen LogP) is 3.84. The van der Waals surface area contributed by atoms with Crippen LogP contribution >= 0.6 is 0 Å². The number of benzene rings is 2.